The van der Waals surface area contributed by atoms with Crippen LogP contribution in [0.3, 0.4) is 0 Å². The number of rotatable bonds is 3. The van der Waals surface area contributed by atoms with E-state index >= 15 is 0 Å². The van der Waals surface area contributed by atoms with Gasteiger partial charge in [-0.15, -0.1) is 11.3 Å². The Morgan fingerprint density at radius 1 is 1.38 bits per heavy atom. The zero-order chi connectivity index (χ0) is 14.8. The molecule has 21 heavy (non-hydrogen) atoms. The van der Waals surface area contributed by atoms with Crippen molar-refractivity contribution in [1.29, 1.82) is 0 Å². The maximum absolute atomic E-state index is 12.6. The maximum atomic E-state index is 12.6. The standard InChI is InChI=1S/C15H16N2O3S/c1-19-12-7-11(8-16-14(12)20-2)15(18)17-5-3-13-10(9-17)4-6-21-13/h4,6-8H,3,5,9H2,1-2H3. The highest BCUT2D eigenvalue weighted by Crippen LogP contribution is 2.28. The van der Waals surface area contributed by atoms with E-state index in [0.717, 1.165) is 13.0 Å². The zero-order valence-corrected chi connectivity index (χ0v) is 12.8. The minimum absolute atomic E-state index is 0.0275. The van der Waals surface area contributed by atoms with Gasteiger partial charge in [0.25, 0.3) is 11.8 Å². The number of ether oxygens (including phenoxy) is 2. The predicted molar refractivity (Wildman–Crippen MR) is 80.1 cm³/mol. The summed E-state index contributed by atoms with van der Waals surface area (Å²) in [5.41, 5.74) is 1.76. The molecule has 0 saturated heterocycles. The summed E-state index contributed by atoms with van der Waals surface area (Å²) < 4.78 is 10.3. The first-order valence-electron chi connectivity index (χ1n) is 6.65. The molecule has 0 saturated carbocycles. The molecule has 1 aliphatic heterocycles. The van der Waals surface area contributed by atoms with Gasteiger partial charge in [-0.25, -0.2) is 4.98 Å². The molecule has 0 spiro atoms. The summed E-state index contributed by atoms with van der Waals surface area (Å²) in [6, 6.07) is 3.77. The van der Waals surface area contributed by atoms with Crippen LogP contribution >= 0.6 is 11.3 Å². The molecule has 0 radical (unpaired) electrons. The van der Waals surface area contributed by atoms with E-state index in [1.807, 2.05) is 4.90 Å². The van der Waals surface area contributed by atoms with Gasteiger partial charge < -0.3 is 14.4 Å². The number of nitrogens with zero attached hydrogens (tertiary/aromatic N) is 2. The van der Waals surface area contributed by atoms with E-state index in [0.29, 0.717) is 23.7 Å². The second-order valence-corrected chi connectivity index (χ2v) is 5.78. The molecular formula is C15H16N2O3S. The third-order valence-electron chi connectivity index (χ3n) is 3.57. The van der Waals surface area contributed by atoms with Gasteiger partial charge in [-0.3, -0.25) is 4.79 Å². The van der Waals surface area contributed by atoms with Crippen LogP contribution in [0.1, 0.15) is 20.8 Å². The number of fused-ring (bicyclic) bond motifs is 1. The van der Waals surface area contributed by atoms with Crippen LogP contribution in [0.4, 0.5) is 0 Å². The number of amides is 1. The van der Waals surface area contributed by atoms with Crippen molar-refractivity contribution in [3.05, 3.63) is 39.7 Å². The van der Waals surface area contributed by atoms with Crippen molar-refractivity contribution in [3.8, 4) is 11.6 Å². The molecule has 1 aliphatic rings. The van der Waals surface area contributed by atoms with Crippen molar-refractivity contribution in [3.63, 3.8) is 0 Å². The Labute approximate surface area is 127 Å². The number of carbonyl (C=O) groups excluding carboxylic acids is 1. The molecule has 5 nitrogen and oxygen atoms in total. The highest BCUT2D eigenvalue weighted by molar-refractivity contribution is 7.10. The highest BCUT2D eigenvalue weighted by atomic mass is 32.1. The Kier molecular flexibility index (Phi) is 3.79. The van der Waals surface area contributed by atoms with Gasteiger partial charge in [-0.05, 0) is 23.4 Å². The SMILES string of the molecule is COc1cc(C(=O)N2CCc3sccc3C2)cnc1OC. The van der Waals surface area contributed by atoms with Crippen LogP contribution in [0.5, 0.6) is 11.6 Å². The number of carbonyl (C=O) groups is 1. The molecule has 1 amide bonds. The van der Waals surface area contributed by atoms with E-state index < -0.39 is 0 Å². The van der Waals surface area contributed by atoms with Gasteiger partial charge in [0.05, 0.1) is 19.8 Å². The van der Waals surface area contributed by atoms with E-state index in [4.69, 9.17) is 9.47 Å². The van der Waals surface area contributed by atoms with Crippen LogP contribution in [-0.2, 0) is 13.0 Å². The summed E-state index contributed by atoms with van der Waals surface area (Å²) in [5.74, 6) is 0.824. The van der Waals surface area contributed by atoms with E-state index in [1.165, 1.54) is 30.9 Å². The van der Waals surface area contributed by atoms with Gasteiger partial charge in [0, 0.05) is 30.2 Å². The molecule has 0 unspecified atom stereocenters. The summed E-state index contributed by atoms with van der Waals surface area (Å²) >= 11 is 1.76. The summed E-state index contributed by atoms with van der Waals surface area (Å²) in [5, 5.41) is 2.08. The Morgan fingerprint density at radius 3 is 3.00 bits per heavy atom. The lowest BCUT2D eigenvalue weighted by atomic mass is 10.1. The fourth-order valence-electron chi connectivity index (χ4n) is 2.45. The lowest BCUT2D eigenvalue weighted by Gasteiger charge is -2.27. The van der Waals surface area contributed by atoms with Gasteiger partial charge in [-0.2, -0.15) is 0 Å². The van der Waals surface area contributed by atoms with Gasteiger partial charge in [-0.1, -0.05) is 0 Å². The van der Waals surface area contributed by atoms with E-state index in [-0.39, 0.29) is 5.91 Å². The maximum Gasteiger partial charge on any atom is 0.256 e. The molecule has 0 aliphatic carbocycles. The molecule has 110 valence electrons. The first-order chi connectivity index (χ1) is 10.2. The van der Waals surface area contributed by atoms with Crippen LogP contribution in [0.2, 0.25) is 0 Å². The third kappa shape index (κ3) is 2.58. The van der Waals surface area contributed by atoms with Crippen LogP contribution in [0.15, 0.2) is 23.7 Å². The quantitative estimate of drug-likeness (QED) is 0.873. The summed E-state index contributed by atoms with van der Waals surface area (Å²) in [7, 11) is 3.06. The minimum atomic E-state index is -0.0275. The molecule has 2 aromatic rings. The van der Waals surface area contributed by atoms with Crippen molar-refractivity contribution in [2.24, 2.45) is 0 Å². The minimum Gasteiger partial charge on any atom is -0.491 e. The predicted octanol–water partition coefficient (Wildman–Crippen LogP) is 2.36. The first-order valence-corrected chi connectivity index (χ1v) is 7.53. The van der Waals surface area contributed by atoms with Gasteiger partial charge in [0.1, 0.15) is 0 Å². The molecule has 0 fully saturated rings. The third-order valence-corrected chi connectivity index (χ3v) is 4.60. The normalized spacial score (nSPS) is 13.7. The van der Waals surface area contributed by atoms with Crippen molar-refractivity contribution >= 4 is 17.2 Å². The monoisotopic (exact) mass is 304 g/mol. The summed E-state index contributed by atoms with van der Waals surface area (Å²) in [6.45, 7) is 1.40. The van der Waals surface area contributed by atoms with Crippen molar-refractivity contribution < 1.29 is 14.3 Å². The van der Waals surface area contributed by atoms with Crippen molar-refractivity contribution in [2.45, 2.75) is 13.0 Å². The number of pyridine rings is 1. The fourth-order valence-corrected chi connectivity index (χ4v) is 3.34. The second-order valence-electron chi connectivity index (χ2n) is 4.78. The molecule has 0 N–H and O–H groups in total. The fraction of sp³-hybridized carbons (Fsp3) is 0.333. The Bertz CT molecular complexity index is 669. The highest BCUT2D eigenvalue weighted by Gasteiger charge is 2.23. The van der Waals surface area contributed by atoms with Crippen LogP contribution in [0, 0.1) is 0 Å². The van der Waals surface area contributed by atoms with Gasteiger partial charge in [0.2, 0.25) is 0 Å². The van der Waals surface area contributed by atoms with Gasteiger partial charge >= 0.3 is 0 Å². The molecule has 6 heteroatoms. The number of aromatic nitrogens is 1. The Morgan fingerprint density at radius 2 is 2.24 bits per heavy atom. The van der Waals surface area contributed by atoms with Crippen molar-refractivity contribution in [1.82, 2.24) is 9.88 Å². The smallest absolute Gasteiger partial charge is 0.256 e. The summed E-state index contributed by atoms with van der Waals surface area (Å²) in [4.78, 5) is 19.9. The average Bonchev–Trinajstić information content (AvgIpc) is 3.00. The molecule has 2 aromatic heterocycles. The van der Waals surface area contributed by atoms with E-state index in [9.17, 15) is 4.79 Å². The lowest BCUT2D eigenvalue weighted by molar-refractivity contribution is 0.0735. The van der Waals surface area contributed by atoms with Crippen LogP contribution in [-0.4, -0.2) is 36.6 Å². The lowest BCUT2D eigenvalue weighted by Crippen LogP contribution is -2.35. The van der Waals surface area contributed by atoms with Gasteiger partial charge in [0.15, 0.2) is 5.75 Å². The van der Waals surface area contributed by atoms with E-state index in [2.05, 4.69) is 16.4 Å². The number of hydrogen-bond acceptors (Lipinski definition) is 5. The molecule has 0 bridgehead atoms. The zero-order valence-electron chi connectivity index (χ0n) is 12.0. The molecule has 3 rings (SSSR count). The Balaban J connectivity index is 1.83. The molecule has 0 atom stereocenters. The number of methoxy groups -OCH3 is 2. The molecule has 0 aromatic carbocycles. The topological polar surface area (TPSA) is 51.7 Å². The largest absolute Gasteiger partial charge is 0.491 e. The summed E-state index contributed by atoms with van der Waals surface area (Å²) in [6.07, 6.45) is 2.45. The Hall–Kier alpha value is -2.08. The average molecular weight is 304 g/mol. The molecule has 3 heterocycles. The number of hydrogen-bond donors (Lipinski definition) is 0. The first kappa shape index (κ1) is 13.9. The van der Waals surface area contributed by atoms with Crippen LogP contribution in [0.25, 0.3) is 0 Å². The number of thiophene rings is 1. The second kappa shape index (κ2) is 5.73. The molecular weight excluding hydrogens is 288 g/mol. The van der Waals surface area contributed by atoms with Crippen LogP contribution < -0.4 is 9.47 Å². The van der Waals surface area contributed by atoms with Crippen molar-refractivity contribution in [2.75, 3.05) is 20.8 Å². The van der Waals surface area contributed by atoms with E-state index in [1.54, 1.807) is 17.4 Å².